The van der Waals surface area contributed by atoms with E-state index >= 15 is 0 Å². The van der Waals surface area contributed by atoms with Crippen molar-refractivity contribution < 1.29 is 9.53 Å². The molecule has 0 saturated heterocycles. The van der Waals surface area contributed by atoms with Crippen LogP contribution in [0.25, 0.3) is 0 Å². The van der Waals surface area contributed by atoms with E-state index in [9.17, 15) is 4.79 Å². The van der Waals surface area contributed by atoms with Gasteiger partial charge in [-0.05, 0) is 29.2 Å². The van der Waals surface area contributed by atoms with Crippen LogP contribution in [-0.2, 0) is 17.6 Å². The zero-order valence-electron chi connectivity index (χ0n) is 14.7. The van der Waals surface area contributed by atoms with Crippen molar-refractivity contribution in [2.75, 3.05) is 13.2 Å². The average Bonchev–Trinajstić information content (AvgIpc) is 2.69. The molecular weight excluding hydrogens is 322 g/mol. The number of hydrogen-bond acceptors (Lipinski definition) is 2. The highest BCUT2D eigenvalue weighted by molar-refractivity contribution is 5.77. The predicted molar refractivity (Wildman–Crippen MR) is 104 cm³/mol. The molecule has 1 N–H and O–H groups in total. The average molecular weight is 345 g/mol. The van der Waals surface area contributed by atoms with Gasteiger partial charge in [-0.2, -0.15) is 0 Å². The molecule has 0 aliphatic rings. The fourth-order valence-corrected chi connectivity index (χ4v) is 2.79. The summed E-state index contributed by atoms with van der Waals surface area (Å²) in [7, 11) is 0. The number of rotatable bonds is 8. The van der Waals surface area contributed by atoms with Gasteiger partial charge in [-0.25, -0.2) is 0 Å². The van der Waals surface area contributed by atoms with Crippen LogP contribution in [0.5, 0.6) is 5.75 Å². The van der Waals surface area contributed by atoms with Crippen LogP contribution >= 0.6 is 0 Å². The maximum atomic E-state index is 12.0. The van der Waals surface area contributed by atoms with Crippen LogP contribution < -0.4 is 10.1 Å². The van der Waals surface area contributed by atoms with Gasteiger partial charge in [0.2, 0.25) is 0 Å². The van der Waals surface area contributed by atoms with Crippen LogP contribution in [-0.4, -0.2) is 19.1 Å². The van der Waals surface area contributed by atoms with Crippen molar-refractivity contribution in [2.24, 2.45) is 0 Å². The Labute approximate surface area is 154 Å². The van der Waals surface area contributed by atoms with E-state index in [1.165, 1.54) is 11.1 Å². The number of ether oxygens (including phenoxy) is 1. The number of amides is 1. The van der Waals surface area contributed by atoms with Crippen LogP contribution in [0.3, 0.4) is 0 Å². The molecule has 132 valence electrons. The maximum Gasteiger partial charge on any atom is 0.257 e. The lowest BCUT2D eigenvalue weighted by Crippen LogP contribution is -2.30. The van der Waals surface area contributed by atoms with E-state index in [1.54, 1.807) is 0 Å². The van der Waals surface area contributed by atoms with Crippen molar-refractivity contribution in [1.29, 1.82) is 0 Å². The number of nitrogens with one attached hydrogen (secondary N) is 1. The second-order valence-electron chi connectivity index (χ2n) is 6.14. The SMILES string of the molecule is O=C(COc1ccccc1Cc1ccccc1)NCCc1ccccc1. The highest BCUT2D eigenvalue weighted by Crippen LogP contribution is 2.21. The molecule has 3 heteroatoms. The minimum atomic E-state index is -0.101. The van der Waals surface area contributed by atoms with Gasteiger partial charge in [0, 0.05) is 13.0 Å². The lowest BCUT2D eigenvalue weighted by molar-refractivity contribution is -0.123. The molecule has 0 saturated carbocycles. The van der Waals surface area contributed by atoms with E-state index in [2.05, 4.69) is 29.6 Å². The van der Waals surface area contributed by atoms with E-state index in [-0.39, 0.29) is 12.5 Å². The molecule has 0 aromatic heterocycles. The molecule has 0 heterocycles. The Hall–Kier alpha value is -3.07. The third kappa shape index (κ3) is 5.49. The summed E-state index contributed by atoms with van der Waals surface area (Å²) in [5.74, 6) is 0.657. The molecule has 3 aromatic carbocycles. The van der Waals surface area contributed by atoms with Gasteiger partial charge in [-0.15, -0.1) is 0 Å². The van der Waals surface area contributed by atoms with Crippen molar-refractivity contribution in [3.8, 4) is 5.75 Å². The Bertz CT molecular complexity index is 816. The molecular formula is C23H23NO2. The summed E-state index contributed by atoms with van der Waals surface area (Å²) in [6, 6.07) is 28.2. The van der Waals surface area contributed by atoms with Gasteiger partial charge in [0.15, 0.2) is 6.61 Å². The van der Waals surface area contributed by atoms with Crippen molar-refractivity contribution in [3.05, 3.63) is 102 Å². The summed E-state index contributed by atoms with van der Waals surface area (Å²) in [6.07, 6.45) is 1.60. The lowest BCUT2D eigenvalue weighted by atomic mass is 10.0. The summed E-state index contributed by atoms with van der Waals surface area (Å²) in [5.41, 5.74) is 3.51. The van der Waals surface area contributed by atoms with Crippen LogP contribution in [0, 0.1) is 0 Å². The Morgan fingerprint density at radius 3 is 2.12 bits per heavy atom. The zero-order valence-corrected chi connectivity index (χ0v) is 14.7. The minimum absolute atomic E-state index is 0.0284. The van der Waals surface area contributed by atoms with Crippen LogP contribution in [0.1, 0.15) is 16.7 Å². The molecule has 0 spiro atoms. The van der Waals surface area contributed by atoms with Gasteiger partial charge in [0.1, 0.15) is 5.75 Å². The molecule has 0 aliphatic heterocycles. The molecule has 3 rings (SSSR count). The first-order valence-corrected chi connectivity index (χ1v) is 8.86. The molecule has 3 aromatic rings. The minimum Gasteiger partial charge on any atom is -0.483 e. The third-order valence-corrected chi connectivity index (χ3v) is 4.15. The number of carbonyl (C=O) groups is 1. The topological polar surface area (TPSA) is 38.3 Å². The molecule has 0 aliphatic carbocycles. The predicted octanol–water partition coefficient (Wildman–Crippen LogP) is 4.02. The third-order valence-electron chi connectivity index (χ3n) is 4.15. The second kappa shape index (κ2) is 9.42. The Kier molecular flexibility index (Phi) is 6.43. The molecule has 0 radical (unpaired) electrons. The molecule has 0 fully saturated rings. The normalized spacial score (nSPS) is 10.3. The highest BCUT2D eigenvalue weighted by Gasteiger charge is 2.07. The second-order valence-corrected chi connectivity index (χ2v) is 6.14. The summed E-state index contributed by atoms with van der Waals surface area (Å²) in [6.45, 7) is 0.637. The Morgan fingerprint density at radius 1 is 0.769 bits per heavy atom. The fraction of sp³-hybridized carbons (Fsp3) is 0.174. The van der Waals surface area contributed by atoms with Crippen LogP contribution in [0.2, 0.25) is 0 Å². The van der Waals surface area contributed by atoms with Gasteiger partial charge in [0.25, 0.3) is 5.91 Å². The van der Waals surface area contributed by atoms with E-state index < -0.39 is 0 Å². The quantitative estimate of drug-likeness (QED) is 0.670. The first-order chi connectivity index (χ1) is 12.8. The summed E-state index contributed by atoms with van der Waals surface area (Å²) in [5, 5.41) is 2.91. The number of benzene rings is 3. The summed E-state index contributed by atoms with van der Waals surface area (Å²) >= 11 is 0. The summed E-state index contributed by atoms with van der Waals surface area (Å²) in [4.78, 5) is 12.0. The van der Waals surface area contributed by atoms with Crippen LogP contribution in [0.4, 0.5) is 0 Å². The highest BCUT2D eigenvalue weighted by atomic mass is 16.5. The summed E-state index contributed by atoms with van der Waals surface area (Å²) < 4.78 is 5.76. The smallest absolute Gasteiger partial charge is 0.257 e. The standard InChI is InChI=1S/C23H23NO2/c25-23(24-16-15-19-9-3-1-4-10-19)18-26-22-14-8-7-13-21(22)17-20-11-5-2-6-12-20/h1-14H,15-18H2,(H,24,25). The van der Waals surface area contributed by atoms with Crippen molar-refractivity contribution in [2.45, 2.75) is 12.8 Å². The first kappa shape index (κ1) is 17.7. The molecule has 0 bridgehead atoms. The Balaban J connectivity index is 1.49. The lowest BCUT2D eigenvalue weighted by Gasteiger charge is -2.12. The van der Waals surface area contributed by atoms with E-state index in [4.69, 9.17) is 4.74 Å². The Morgan fingerprint density at radius 2 is 1.38 bits per heavy atom. The zero-order chi connectivity index (χ0) is 18.0. The van der Waals surface area contributed by atoms with Gasteiger partial charge in [-0.1, -0.05) is 78.9 Å². The van der Waals surface area contributed by atoms with Crippen molar-refractivity contribution in [3.63, 3.8) is 0 Å². The molecule has 0 atom stereocenters. The van der Waals surface area contributed by atoms with Gasteiger partial charge < -0.3 is 10.1 Å². The van der Waals surface area contributed by atoms with Gasteiger partial charge in [0.05, 0.1) is 0 Å². The van der Waals surface area contributed by atoms with Crippen LogP contribution in [0.15, 0.2) is 84.9 Å². The van der Waals surface area contributed by atoms with Crippen molar-refractivity contribution in [1.82, 2.24) is 5.32 Å². The number of para-hydroxylation sites is 1. The fourth-order valence-electron chi connectivity index (χ4n) is 2.79. The maximum absolute atomic E-state index is 12.0. The molecule has 3 nitrogen and oxygen atoms in total. The number of carbonyl (C=O) groups excluding carboxylic acids is 1. The monoisotopic (exact) mass is 345 g/mol. The van der Waals surface area contributed by atoms with E-state index in [1.807, 2.05) is 60.7 Å². The number of hydrogen-bond donors (Lipinski definition) is 1. The molecule has 1 amide bonds. The molecule has 26 heavy (non-hydrogen) atoms. The van der Waals surface area contributed by atoms with E-state index in [0.29, 0.717) is 6.54 Å². The van der Waals surface area contributed by atoms with E-state index in [0.717, 1.165) is 24.2 Å². The van der Waals surface area contributed by atoms with Gasteiger partial charge in [-0.3, -0.25) is 4.79 Å². The van der Waals surface area contributed by atoms with Crippen molar-refractivity contribution >= 4 is 5.91 Å². The first-order valence-electron chi connectivity index (χ1n) is 8.86. The largest absolute Gasteiger partial charge is 0.483 e. The molecule has 0 unspecified atom stereocenters. The van der Waals surface area contributed by atoms with Gasteiger partial charge >= 0.3 is 0 Å².